The summed E-state index contributed by atoms with van der Waals surface area (Å²) in [6.45, 7) is 5.28. The van der Waals surface area contributed by atoms with Gasteiger partial charge >= 0.3 is 12.0 Å². The van der Waals surface area contributed by atoms with Crippen LogP contribution in [0.5, 0.6) is 0 Å². The molecule has 0 saturated carbocycles. The number of carbonyl (C=O) groups is 2. The summed E-state index contributed by atoms with van der Waals surface area (Å²) < 4.78 is 5.32. The van der Waals surface area contributed by atoms with Crippen LogP contribution in [0.25, 0.3) is 0 Å². The Morgan fingerprint density at radius 2 is 2.00 bits per heavy atom. The molecule has 0 aromatic heterocycles. The highest BCUT2D eigenvalue weighted by Crippen LogP contribution is 2.34. The molecular weight excluding hydrogens is 304 g/mol. The van der Waals surface area contributed by atoms with Crippen LogP contribution in [0.15, 0.2) is 35.5 Å². The standard InChI is InChI=1S/C16H19ClN2O3/c1-9(2)22-15(20)13-10(3)19(4)16(21)18-14(13)11-7-5-6-8-12(11)17/h5-9,14H,1-4H3,(H,18,21)/t14-/m1/s1. The summed E-state index contributed by atoms with van der Waals surface area (Å²) in [5.41, 5.74) is 1.61. The van der Waals surface area contributed by atoms with Crippen molar-refractivity contribution in [2.24, 2.45) is 0 Å². The lowest BCUT2D eigenvalue weighted by Gasteiger charge is -2.33. The van der Waals surface area contributed by atoms with Crippen molar-refractivity contribution in [1.82, 2.24) is 10.2 Å². The average Bonchev–Trinajstić information content (AvgIpc) is 2.44. The number of halogens is 1. The Kier molecular flexibility index (Phi) is 4.76. The number of rotatable bonds is 3. The van der Waals surface area contributed by atoms with Crippen molar-refractivity contribution in [3.63, 3.8) is 0 Å². The zero-order chi connectivity index (χ0) is 16.4. The quantitative estimate of drug-likeness (QED) is 0.869. The molecule has 0 spiro atoms. The first-order valence-corrected chi connectivity index (χ1v) is 7.41. The fourth-order valence-electron chi connectivity index (χ4n) is 2.32. The third kappa shape index (κ3) is 3.09. The molecule has 1 aliphatic rings. The molecule has 118 valence electrons. The van der Waals surface area contributed by atoms with E-state index in [1.807, 2.05) is 6.07 Å². The van der Waals surface area contributed by atoms with Crippen molar-refractivity contribution in [1.29, 1.82) is 0 Å². The Morgan fingerprint density at radius 1 is 1.36 bits per heavy atom. The fraction of sp³-hybridized carbons (Fsp3) is 0.375. The van der Waals surface area contributed by atoms with Gasteiger partial charge in [0.1, 0.15) is 0 Å². The van der Waals surface area contributed by atoms with Crippen LogP contribution < -0.4 is 5.32 Å². The molecule has 1 aromatic carbocycles. The number of allylic oxidation sites excluding steroid dienone is 1. The van der Waals surface area contributed by atoms with Crippen LogP contribution in [0.1, 0.15) is 32.4 Å². The van der Waals surface area contributed by atoms with Crippen molar-refractivity contribution in [3.05, 3.63) is 46.1 Å². The van der Waals surface area contributed by atoms with Gasteiger partial charge < -0.3 is 15.0 Å². The molecule has 1 aliphatic heterocycles. The summed E-state index contributed by atoms with van der Waals surface area (Å²) in [7, 11) is 1.61. The van der Waals surface area contributed by atoms with E-state index in [1.165, 1.54) is 4.90 Å². The van der Waals surface area contributed by atoms with Crippen LogP contribution in [-0.2, 0) is 9.53 Å². The van der Waals surface area contributed by atoms with Gasteiger partial charge in [0, 0.05) is 17.8 Å². The normalized spacial score (nSPS) is 18.5. The highest BCUT2D eigenvalue weighted by Gasteiger charge is 2.36. The van der Waals surface area contributed by atoms with Crippen molar-refractivity contribution in [2.45, 2.75) is 32.9 Å². The summed E-state index contributed by atoms with van der Waals surface area (Å²) in [5.74, 6) is -0.454. The van der Waals surface area contributed by atoms with Crippen LogP contribution >= 0.6 is 11.6 Å². The second-order valence-corrected chi connectivity index (χ2v) is 5.82. The van der Waals surface area contributed by atoms with E-state index in [0.717, 1.165) is 0 Å². The molecule has 1 heterocycles. The van der Waals surface area contributed by atoms with Crippen molar-refractivity contribution in [2.75, 3.05) is 7.05 Å². The van der Waals surface area contributed by atoms with Crippen LogP contribution in [-0.4, -0.2) is 30.1 Å². The molecule has 2 amide bonds. The van der Waals surface area contributed by atoms with Crippen LogP contribution in [0.3, 0.4) is 0 Å². The van der Waals surface area contributed by atoms with E-state index in [9.17, 15) is 9.59 Å². The number of ether oxygens (including phenoxy) is 1. The lowest BCUT2D eigenvalue weighted by atomic mass is 9.95. The Bertz CT molecular complexity index is 640. The number of esters is 1. The van der Waals surface area contributed by atoms with Gasteiger partial charge in [-0.25, -0.2) is 9.59 Å². The molecule has 0 unspecified atom stereocenters. The smallest absolute Gasteiger partial charge is 0.338 e. The maximum absolute atomic E-state index is 12.5. The second-order valence-electron chi connectivity index (χ2n) is 5.42. The Labute approximate surface area is 134 Å². The number of carbonyl (C=O) groups excluding carboxylic acids is 2. The molecule has 0 fully saturated rings. The Hall–Kier alpha value is -2.01. The van der Waals surface area contributed by atoms with Crippen molar-refractivity contribution < 1.29 is 14.3 Å². The fourth-order valence-corrected chi connectivity index (χ4v) is 2.56. The monoisotopic (exact) mass is 322 g/mol. The number of hydrogen-bond acceptors (Lipinski definition) is 3. The first-order valence-electron chi connectivity index (χ1n) is 7.03. The molecule has 2 rings (SSSR count). The molecule has 6 heteroatoms. The number of nitrogens with zero attached hydrogens (tertiary/aromatic N) is 1. The molecule has 5 nitrogen and oxygen atoms in total. The molecule has 0 aliphatic carbocycles. The highest BCUT2D eigenvalue weighted by atomic mass is 35.5. The van der Waals surface area contributed by atoms with E-state index < -0.39 is 12.0 Å². The Balaban J connectivity index is 2.53. The first-order chi connectivity index (χ1) is 10.3. The first kappa shape index (κ1) is 16.4. The van der Waals surface area contributed by atoms with Crippen LogP contribution in [0, 0.1) is 0 Å². The molecule has 22 heavy (non-hydrogen) atoms. The summed E-state index contributed by atoms with van der Waals surface area (Å²) in [6, 6.07) is 6.21. The molecule has 1 atom stereocenters. The van der Waals surface area contributed by atoms with Gasteiger partial charge in [0.25, 0.3) is 0 Å². The molecule has 0 saturated heterocycles. The average molecular weight is 323 g/mol. The molecule has 0 radical (unpaired) electrons. The lowest BCUT2D eigenvalue weighted by Crippen LogP contribution is -2.46. The summed E-state index contributed by atoms with van der Waals surface area (Å²) in [6.07, 6.45) is -0.248. The highest BCUT2D eigenvalue weighted by molar-refractivity contribution is 6.31. The Morgan fingerprint density at radius 3 is 2.59 bits per heavy atom. The van der Waals surface area contributed by atoms with Crippen molar-refractivity contribution in [3.8, 4) is 0 Å². The number of hydrogen-bond donors (Lipinski definition) is 1. The minimum absolute atomic E-state index is 0.248. The van der Waals surface area contributed by atoms with Gasteiger partial charge in [0.05, 0.1) is 17.7 Å². The maximum atomic E-state index is 12.5. The van der Waals surface area contributed by atoms with Gasteiger partial charge in [-0.15, -0.1) is 0 Å². The predicted molar refractivity (Wildman–Crippen MR) is 84.4 cm³/mol. The van der Waals surface area contributed by atoms with Crippen LogP contribution in [0.2, 0.25) is 5.02 Å². The molecule has 1 aromatic rings. The van der Waals surface area contributed by atoms with E-state index >= 15 is 0 Å². The van der Waals surface area contributed by atoms with Crippen LogP contribution in [0.4, 0.5) is 4.79 Å². The van der Waals surface area contributed by atoms with Gasteiger partial charge in [0.2, 0.25) is 0 Å². The van der Waals surface area contributed by atoms with Gasteiger partial charge in [-0.3, -0.25) is 0 Å². The molecular formula is C16H19ClN2O3. The van der Waals surface area contributed by atoms with E-state index in [4.69, 9.17) is 16.3 Å². The zero-order valence-electron chi connectivity index (χ0n) is 13.0. The second kappa shape index (κ2) is 6.40. The van der Waals surface area contributed by atoms with Gasteiger partial charge in [-0.2, -0.15) is 0 Å². The van der Waals surface area contributed by atoms with E-state index in [1.54, 1.807) is 46.0 Å². The maximum Gasteiger partial charge on any atom is 0.338 e. The molecule has 1 N–H and O–H groups in total. The summed E-state index contributed by atoms with van der Waals surface area (Å²) in [4.78, 5) is 25.9. The SMILES string of the molecule is CC1=C(C(=O)OC(C)C)[C@@H](c2ccccc2Cl)NC(=O)N1C. The lowest BCUT2D eigenvalue weighted by molar-refractivity contribution is -0.143. The van der Waals surface area contributed by atoms with Crippen molar-refractivity contribution >= 4 is 23.6 Å². The third-order valence-corrected chi connectivity index (χ3v) is 3.88. The molecule has 0 bridgehead atoms. The number of urea groups is 1. The van der Waals surface area contributed by atoms with Gasteiger partial charge in [0.15, 0.2) is 0 Å². The number of nitrogens with one attached hydrogen (secondary N) is 1. The third-order valence-electron chi connectivity index (χ3n) is 3.53. The van der Waals surface area contributed by atoms with Gasteiger partial charge in [-0.1, -0.05) is 29.8 Å². The van der Waals surface area contributed by atoms with E-state index in [-0.39, 0.29) is 12.1 Å². The summed E-state index contributed by atoms with van der Waals surface area (Å²) in [5, 5.41) is 3.29. The zero-order valence-corrected chi connectivity index (χ0v) is 13.8. The number of benzene rings is 1. The van der Waals surface area contributed by atoms with E-state index in [0.29, 0.717) is 21.9 Å². The summed E-state index contributed by atoms with van der Waals surface area (Å²) >= 11 is 6.23. The topological polar surface area (TPSA) is 58.6 Å². The van der Waals surface area contributed by atoms with E-state index in [2.05, 4.69) is 5.32 Å². The predicted octanol–water partition coefficient (Wildman–Crippen LogP) is 3.26. The van der Waals surface area contributed by atoms with Gasteiger partial charge in [-0.05, 0) is 32.4 Å². The number of amides is 2. The largest absolute Gasteiger partial charge is 0.459 e. The minimum Gasteiger partial charge on any atom is -0.459 e. The minimum atomic E-state index is -0.622.